The van der Waals surface area contributed by atoms with Gasteiger partial charge in [-0.15, -0.1) is 0 Å². The van der Waals surface area contributed by atoms with Gasteiger partial charge in [-0.3, -0.25) is 4.79 Å². The fourth-order valence-corrected chi connectivity index (χ4v) is 1.33. The molecule has 150 valence electrons. The summed E-state index contributed by atoms with van der Waals surface area (Å²) in [6, 6.07) is 6.89. The van der Waals surface area contributed by atoms with Crippen molar-refractivity contribution in [3.63, 3.8) is 0 Å². The molecule has 4 nitrogen and oxygen atoms in total. The molecular formula is C22H40N2O2. The molecule has 26 heavy (non-hydrogen) atoms. The molecule has 3 N–H and O–H groups in total. The number of hydrogen-bond acceptors (Lipinski definition) is 3. The molecule has 0 heterocycles. The molecule has 0 atom stereocenters. The van der Waals surface area contributed by atoms with Gasteiger partial charge in [0.25, 0.3) is 5.91 Å². The van der Waals surface area contributed by atoms with Crippen molar-refractivity contribution in [1.29, 1.82) is 0 Å². The van der Waals surface area contributed by atoms with Gasteiger partial charge in [0.15, 0.2) is 0 Å². The molecule has 0 aliphatic rings. The number of anilines is 1. The monoisotopic (exact) mass is 364 g/mol. The SMILES string of the molecule is CC.CC.CCCNC(=O)c1ccc(N)cc1.CO/C(C)=C/C=C(C)C. The zero-order valence-corrected chi connectivity index (χ0v) is 18.3. The zero-order chi connectivity index (χ0) is 21.0. The van der Waals surface area contributed by atoms with E-state index in [1.807, 2.05) is 53.7 Å². The summed E-state index contributed by atoms with van der Waals surface area (Å²) >= 11 is 0. The number of rotatable bonds is 5. The van der Waals surface area contributed by atoms with Gasteiger partial charge in [0.2, 0.25) is 0 Å². The van der Waals surface area contributed by atoms with Crippen LogP contribution in [0.3, 0.4) is 0 Å². The predicted octanol–water partition coefficient (Wildman–Crippen LogP) is 5.96. The Labute approximate surface area is 161 Å². The number of benzene rings is 1. The Hall–Kier alpha value is -2.23. The Balaban J connectivity index is -0.000000357. The standard InChI is InChI=1S/C10H14N2O.C8H14O.2C2H6/c1-2-7-12-10(13)8-3-5-9(11)6-4-8;1-7(2)5-6-8(3)9-4;2*1-2/h3-6H,2,7,11H2,1H3,(H,12,13);5-6H,1-4H3;2*1-2H3/b;8-6+;;. The molecule has 0 unspecified atom stereocenters. The Morgan fingerprint density at radius 2 is 1.54 bits per heavy atom. The number of amides is 1. The molecule has 1 aromatic carbocycles. The lowest BCUT2D eigenvalue weighted by Crippen LogP contribution is -2.23. The fourth-order valence-electron chi connectivity index (χ4n) is 1.33. The summed E-state index contributed by atoms with van der Waals surface area (Å²) in [7, 11) is 1.67. The van der Waals surface area contributed by atoms with Crippen molar-refractivity contribution in [2.45, 2.75) is 61.8 Å². The highest BCUT2D eigenvalue weighted by molar-refractivity contribution is 5.94. The number of methoxy groups -OCH3 is 1. The van der Waals surface area contributed by atoms with Gasteiger partial charge in [0.05, 0.1) is 12.9 Å². The summed E-state index contributed by atoms with van der Waals surface area (Å²) in [4.78, 5) is 11.4. The van der Waals surface area contributed by atoms with E-state index in [2.05, 4.69) is 19.2 Å². The number of allylic oxidation sites excluding steroid dienone is 4. The van der Waals surface area contributed by atoms with Gasteiger partial charge < -0.3 is 15.8 Å². The summed E-state index contributed by atoms with van der Waals surface area (Å²) in [5, 5.41) is 2.79. The lowest BCUT2D eigenvalue weighted by atomic mass is 10.2. The van der Waals surface area contributed by atoms with Crippen LogP contribution >= 0.6 is 0 Å². The van der Waals surface area contributed by atoms with E-state index in [0.29, 0.717) is 17.8 Å². The molecule has 1 aromatic rings. The third kappa shape index (κ3) is 18.1. The van der Waals surface area contributed by atoms with Gasteiger partial charge in [0.1, 0.15) is 0 Å². The smallest absolute Gasteiger partial charge is 0.251 e. The van der Waals surface area contributed by atoms with E-state index in [1.165, 1.54) is 5.57 Å². The minimum absolute atomic E-state index is 0.0400. The number of hydrogen-bond donors (Lipinski definition) is 2. The van der Waals surface area contributed by atoms with Crippen molar-refractivity contribution in [1.82, 2.24) is 5.32 Å². The van der Waals surface area contributed by atoms with Crippen molar-refractivity contribution >= 4 is 11.6 Å². The molecular weight excluding hydrogens is 324 g/mol. The van der Waals surface area contributed by atoms with E-state index < -0.39 is 0 Å². The topological polar surface area (TPSA) is 64.4 Å². The van der Waals surface area contributed by atoms with Crippen molar-refractivity contribution in [2.75, 3.05) is 19.4 Å². The second-order valence-electron chi connectivity index (χ2n) is 5.10. The van der Waals surface area contributed by atoms with Crippen molar-refractivity contribution < 1.29 is 9.53 Å². The van der Waals surface area contributed by atoms with E-state index in [1.54, 1.807) is 31.4 Å². The first-order valence-corrected chi connectivity index (χ1v) is 9.40. The highest BCUT2D eigenvalue weighted by Crippen LogP contribution is 2.04. The van der Waals surface area contributed by atoms with Crippen molar-refractivity contribution in [3.8, 4) is 0 Å². The third-order valence-electron chi connectivity index (χ3n) is 2.68. The average molecular weight is 365 g/mol. The highest BCUT2D eigenvalue weighted by atomic mass is 16.5. The Bertz CT molecular complexity index is 499. The molecule has 0 saturated heterocycles. The minimum atomic E-state index is -0.0400. The van der Waals surface area contributed by atoms with E-state index >= 15 is 0 Å². The Morgan fingerprint density at radius 3 is 1.92 bits per heavy atom. The van der Waals surface area contributed by atoms with Crippen LogP contribution in [-0.4, -0.2) is 19.6 Å². The summed E-state index contributed by atoms with van der Waals surface area (Å²) in [5.74, 6) is 0.901. The number of carbonyl (C=O) groups is 1. The first-order valence-electron chi connectivity index (χ1n) is 9.40. The van der Waals surface area contributed by atoms with Gasteiger partial charge in [-0.25, -0.2) is 0 Å². The second-order valence-corrected chi connectivity index (χ2v) is 5.10. The summed E-state index contributed by atoms with van der Waals surface area (Å²) in [6.07, 6.45) is 4.93. The summed E-state index contributed by atoms with van der Waals surface area (Å²) in [5.41, 5.74) is 8.11. The number of ether oxygens (including phenoxy) is 1. The van der Waals surface area contributed by atoms with Crippen LogP contribution in [0.5, 0.6) is 0 Å². The van der Waals surface area contributed by atoms with Gasteiger partial charge in [-0.2, -0.15) is 0 Å². The molecule has 0 spiro atoms. The molecule has 0 aromatic heterocycles. The lowest BCUT2D eigenvalue weighted by molar-refractivity contribution is 0.0953. The normalized spacial score (nSPS) is 9.04. The summed E-state index contributed by atoms with van der Waals surface area (Å²) < 4.78 is 4.92. The molecule has 0 aliphatic heterocycles. The van der Waals surface area contributed by atoms with Crippen molar-refractivity contribution in [3.05, 3.63) is 53.3 Å². The van der Waals surface area contributed by atoms with E-state index in [-0.39, 0.29) is 5.91 Å². The Kier molecular flexibility index (Phi) is 22.9. The van der Waals surface area contributed by atoms with Crippen molar-refractivity contribution in [2.24, 2.45) is 0 Å². The van der Waals surface area contributed by atoms with Gasteiger partial charge >= 0.3 is 0 Å². The quantitative estimate of drug-likeness (QED) is 0.385. The van der Waals surface area contributed by atoms with Crippen LogP contribution in [0, 0.1) is 0 Å². The fraction of sp³-hybridized carbons (Fsp3) is 0.500. The number of nitrogens with one attached hydrogen (secondary N) is 1. The Morgan fingerprint density at radius 1 is 1.04 bits per heavy atom. The second kappa shape index (κ2) is 20.8. The van der Waals surface area contributed by atoms with Crippen LogP contribution in [0.25, 0.3) is 0 Å². The molecule has 0 bridgehead atoms. The molecule has 0 fully saturated rings. The van der Waals surface area contributed by atoms with Crippen LogP contribution in [0.2, 0.25) is 0 Å². The molecule has 1 amide bonds. The first-order chi connectivity index (χ1) is 12.4. The van der Waals surface area contributed by atoms with Crippen LogP contribution < -0.4 is 11.1 Å². The van der Waals surface area contributed by atoms with Gasteiger partial charge in [0, 0.05) is 17.8 Å². The van der Waals surface area contributed by atoms with E-state index in [0.717, 1.165) is 12.2 Å². The highest BCUT2D eigenvalue weighted by Gasteiger charge is 2.02. The largest absolute Gasteiger partial charge is 0.501 e. The molecule has 1 rings (SSSR count). The van der Waals surface area contributed by atoms with Crippen LogP contribution in [0.1, 0.15) is 72.2 Å². The number of carbonyl (C=O) groups excluding carboxylic acids is 1. The molecule has 0 saturated carbocycles. The molecule has 0 radical (unpaired) electrons. The predicted molar refractivity (Wildman–Crippen MR) is 116 cm³/mol. The van der Waals surface area contributed by atoms with E-state index in [4.69, 9.17) is 10.5 Å². The zero-order valence-electron chi connectivity index (χ0n) is 18.3. The van der Waals surface area contributed by atoms with Crippen LogP contribution in [-0.2, 0) is 4.74 Å². The summed E-state index contributed by atoms with van der Waals surface area (Å²) in [6.45, 7) is 16.8. The number of nitrogen functional groups attached to an aromatic ring is 1. The van der Waals surface area contributed by atoms with Gasteiger partial charge in [-0.05, 0) is 57.5 Å². The third-order valence-corrected chi connectivity index (χ3v) is 2.68. The first kappa shape index (κ1) is 28.6. The maximum absolute atomic E-state index is 11.4. The molecule has 0 aliphatic carbocycles. The number of nitrogens with two attached hydrogens (primary N) is 1. The van der Waals surface area contributed by atoms with Crippen LogP contribution in [0.4, 0.5) is 5.69 Å². The average Bonchev–Trinajstić information content (AvgIpc) is 2.68. The maximum atomic E-state index is 11.4. The van der Waals surface area contributed by atoms with Crippen LogP contribution in [0.15, 0.2) is 47.7 Å². The van der Waals surface area contributed by atoms with Gasteiger partial charge in [-0.1, -0.05) is 46.3 Å². The minimum Gasteiger partial charge on any atom is -0.501 e. The maximum Gasteiger partial charge on any atom is 0.251 e. The van der Waals surface area contributed by atoms with E-state index in [9.17, 15) is 4.79 Å². The lowest BCUT2D eigenvalue weighted by Gasteiger charge is -2.02. The molecule has 4 heteroatoms.